The van der Waals surface area contributed by atoms with Crippen molar-refractivity contribution in [2.24, 2.45) is 0 Å². The highest BCUT2D eigenvalue weighted by atomic mass is 16.5. The zero-order valence-corrected chi connectivity index (χ0v) is 15.5. The average molecular weight is 366 g/mol. The van der Waals surface area contributed by atoms with Crippen LogP contribution in [0.4, 0.5) is 0 Å². The predicted octanol–water partition coefficient (Wildman–Crippen LogP) is 3.38. The number of hydrogen-bond donors (Lipinski definition) is 2. The molecule has 2 N–H and O–H groups in total. The smallest absolute Gasteiger partial charge is 0.217 e. The minimum atomic E-state index is -0.410. The average Bonchev–Trinajstić information content (AvgIpc) is 2.67. The van der Waals surface area contributed by atoms with Gasteiger partial charge in [-0.3, -0.25) is 9.78 Å². The maximum atomic E-state index is 11.8. The molecular formula is C21H22N2O4. The molecule has 0 fully saturated rings. The number of aromatic nitrogens is 1. The van der Waals surface area contributed by atoms with Crippen LogP contribution in [0.25, 0.3) is 10.9 Å². The van der Waals surface area contributed by atoms with Gasteiger partial charge in [-0.2, -0.15) is 0 Å². The maximum absolute atomic E-state index is 11.8. The van der Waals surface area contributed by atoms with Gasteiger partial charge in [-0.1, -0.05) is 24.3 Å². The fourth-order valence-corrected chi connectivity index (χ4v) is 3.15. The van der Waals surface area contributed by atoms with Crippen LogP contribution in [0.3, 0.4) is 0 Å². The Balaban J connectivity index is 2.00. The van der Waals surface area contributed by atoms with Gasteiger partial charge in [0, 0.05) is 24.1 Å². The fraction of sp³-hybridized carbons (Fsp3) is 0.238. The normalized spacial score (nSPS) is 11.8. The number of phenols is 1. The number of methoxy groups -OCH3 is 2. The van der Waals surface area contributed by atoms with Crippen molar-refractivity contribution in [2.75, 3.05) is 14.2 Å². The zero-order chi connectivity index (χ0) is 19.4. The highest BCUT2D eigenvalue weighted by molar-refractivity contribution is 5.86. The van der Waals surface area contributed by atoms with Gasteiger partial charge in [0.15, 0.2) is 11.5 Å². The Morgan fingerprint density at radius 2 is 1.93 bits per heavy atom. The lowest BCUT2D eigenvalue weighted by molar-refractivity contribution is -0.119. The number of aromatic hydroxyl groups is 1. The molecule has 0 saturated carbocycles. The van der Waals surface area contributed by atoms with Crippen LogP contribution in [-0.2, 0) is 11.2 Å². The number of amides is 1. The SMILES string of the molecule is COc1ccc(CC(NC(C)=O)c2ccc3cccnc3c2O)cc1OC. The summed E-state index contributed by atoms with van der Waals surface area (Å²) >= 11 is 0. The summed E-state index contributed by atoms with van der Waals surface area (Å²) in [6.07, 6.45) is 2.11. The summed E-state index contributed by atoms with van der Waals surface area (Å²) < 4.78 is 10.6. The number of rotatable bonds is 6. The number of carbonyl (C=O) groups is 1. The van der Waals surface area contributed by atoms with E-state index in [-0.39, 0.29) is 11.7 Å². The van der Waals surface area contributed by atoms with Gasteiger partial charge < -0.3 is 19.9 Å². The molecule has 1 atom stereocenters. The van der Waals surface area contributed by atoms with Crippen molar-refractivity contribution in [3.8, 4) is 17.2 Å². The monoisotopic (exact) mass is 366 g/mol. The molecule has 0 bridgehead atoms. The third-order valence-corrected chi connectivity index (χ3v) is 4.42. The van der Waals surface area contributed by atoms with Crippen molar-refractivity contribution >= 4 is 16.8 Å². The number of nitrogens with one attached hydrogen (secondary N) is 1. The molecule has 140 valence electrons. The summed E-state index contributed by atoms with van der Waals surface area (Å²) in [5, 5.41) is 14.5. The number of ether oxygens (including phenoxy) is 2. The van der Waals surface area contributed by atoms with E-state index in [0.29, 0.717) is 29.0 Å². The molecule has 2 aromatic carbocycles. The van der Waals surface area contributed by atoms with Gasteiger partial charge >= 0.3 is 0 Å². The number of hydrogen-bond acceptors (Lipinski definition) is 5. The second-order valence-corrected chi connectivity index (χ2v) is 6.23. The molecular weight excluding hydrogens is 344 g/mol. The molecule has 1 heterocycles. The van der Waals surface area contributed by atoms with E-state index in [0.717, 1.165) is 10.9 Å². The van der Waals surface area contributed by atoms with Crippen molar-refractivity contribution in [1.82, 2.24) is 10.3 Å². The standard InChI is InChI=1S/C21H22N2O4/c1-13(24)23-17(11-14-6-9-18(26-2)19(12-14)27-3)16-8-7-15-5-4-10-22-20(15)21(16)25/h4-10,12,17,25H,11H2,1-3H3,(H,23,24). The number of benzene rings is 2. The highest BCUT2D eigenvalue weighted by Crippen LogP contribution is 2.34. The van der Waals surface area contributed by atoms with Crippen LogP contribution >= 0.6 is 0 Å². The molecule has 6 heteroatoms. The van der Waals surface area contributed by atoms with Gasteiger partial charge in [-0.05, 0) is 30.2 Å². The molecule has 1 aromatic heterocycles. The van der Waals surface area contributed by atoms with E-state index in [9.17, 15) is 9.90 Å². The first-order valence-electron chi connectivity index (χ1n) is 8.58. The summed E-state index contributed by atoms with van der Waals surface area (Å²) in [5.41, 5.74) is 2.07. The lowest BCUT2D eigenvalue weighted by Crippen LogP contribution is -2.27. The summed E-state index contributed by atoms with van der Waals surface area (Å²) in [4.78, 5) is 16.0. The molecule has 0 aliphatic heterocycles. The quantitative estimate of drug-likeness (QED) is 0.699. The van der Waals surface area contributed by atoms with Gasteiger partial charge in [0.25, 0.3) is 0 Å². The number of carbonyl (C=O) groups excluding carboxylic acids is 1. The maximum Gasteiger partial charge on any atom is 0.217 e. The Kier molecular flexibility index (Phi) is 5.45. The molecule has 6 nitrogen and oxygen atoms in total. The van der Waals surface area contributed by atoms with Gasteiger partial charge in [-0.25, -0.2) is 0 Å². The van der Waals surface area contributed by atoms with Crippen molar-refractivity contribution in [3.63, 3.8) is 0 Å². The fourth-order valence-electron chi connectivity index (χ4n) is 3.15. The van der Waals surface area contributed by atoms with Crippen LogP contribution in [0, 0.1) is 0 Å². The van der Waals surface area contributed by atoms with Gasteiger partial charge in [0.05, 0.1) is 20.3 Å². The van der Waals surface area contributed by atoms with E-state index in [2.05, 4.69) is 10.3 Å². The minimum Gasteiger partial charge on any atom is -0.505 e. The number of nitrogens with zero attached hydrogens (tertiary/aromatic N) is 1. The largest absolute Gasteiger partial charge is 0.505 e. The van der Waals surface area contributed by atoms with E-state index in [1.807, 2.05) is 42.5 Å². The van der Waals surface area contributed by atoms with Gasteiger partial charge in [0.1, 0.15) is 11.3 Å². The van der Waals surface area contributed by atoms with E-state index in [4.69, 9.17) is 9.47 Å². The van der Waals surface area contributed by atoms with Crippen LogP contribution < -0.4 is 14.8 Å². The van der Waals surface area contributed by atoms with Crippen LogP contribution in [0.15, 0.2) is 48.7 Å². The topological polar surface area (TPSA) is 80.7 Å². The second kappa shape index (κ2) is 7.95. The minimum absolute atomic E-state index is 0.0762. The first-order valence-corrected chi connectivity index (χ1v) is 8.58. The van der Waals surface area contributed by atoms with Crippen LogP contribution in [0.5, 0.6) is 17.2 Å². The first-order chi connectivity index (χ1) is 13.0. The first kappa shape index (κ1) is 18.5. The van der Waals surface area contributed by atoms with Gasteiger partial charge in [0.2, 0.25) is 5.91 Å². The van der Waals surface area contributed by atoms with Crippen LogP contribution in [-0.4, -0.2) is 30.2 Å². The zero-order valence-electron chi connectivity index (χ0n) is 15.5. The number of phenolic OH excluding ortho intramolecular Hbond substituents is 1. The predicted molar refractivity (Wildman–Crippen MR) is 103 cm³/mol. The molecule has 3 aromatic rings. The molecule has 0 aliphatic rings. The summed E-state index contributed by atoms with van der Waals surface area (Å²) in [7, 11) is 3.16. The van der Waals surface area contributed by atoms with Gasteiger partial charge in [-0.15, -0.1) is 0 Å². The lowest BCUT2D eigenvalue weighted by Gasteiger charge is -2.21. The summed E-state index contributed by atoms with van der Waals surface area (Å²) in [6.45, 7) is 1.46. The molecule has 3 rings (SSSR count). The molecule has 0 saturated heterocycles. The molecule has 1 amide bonds. The molecule has 1 unspecified atom stereocenters. The number of fused-ring (bicyclic) bond motifs is 1. The van der Waals surface area contributed by atoms with Crippen molar-refractivity contribution in [1.29, 1.82) is 0 Å². The Hall–Kier alpha value is -3.28. The Labute approximate surface area is 157 Å². The Morgan fingerprint density at radius 1 is 1.15 bits per heavy atom. The lowest BCUT2D eigenvalue weighted by atomic mass is 9.96. The number of pyridine rings is 1. The molecule has 0 aliphatic carbocycles. The molecule has 0 spiro atoms. The van der Waals surface area contributed by atoms with E-state index in [1.165, 1.54) is 6.92 Å². The Morgan fingerprint density at radius 3 is 2.63 bits per heavy atom. The second-order valence-electron chi connectivity index (χ2n) is 6.23. The van der Waals surface area contributed by atoms with Crippen molar-refractivity contribution < 1.29 is 19.4 Å². The summed E-state index contributed by atoms with van der Waals surface area (Å²) in [6, 6.07) is 12.6. The van der Waals surface area contributed by atoms with E-state index in [1.54, 1.807) is 20.4 Å². The van der Waals surface area contributed by atoms with E-state index < -0.39 is 6.04 Å². The van der Waals surface area contributed by atoms with Crippen molar-refractivity contribution in [2.45, 2.75) is 19.4 Å². The molecule has 27 heavy (non-hydrogen) atoms. The summed E-state index contributed by atoms with van der Waals surface area (Å²) in [5.74, 6) is 1.14. The molecule has 0 radical (unpaired) electrons. The van der Waals surface area contributed by atoms with Crippen molar-refractivity contribution in [3.05, 3.63) is 59.8 Å². The van der Waals surface area contributed by atoms with E-state index >= 15 is 0 Å². The third-order valence-electron chi connectivity index (χ3n) is 4.42. The highest BCUT2D eigenvalue weighted by Gasteiger charge is 2.20. The Bertz CT molecular complexity index is 972. The van der Waals surface area contributed by atoms with Crippen LogP contribution in [0.1, 0.15) is 24.1 Å². The third kappa shape index (κ3) is 3.95. The van der Waals surface area contributed by atoms with Crippen LogP contribution in [0.2, 0.25) is 0 Å².